The molecule has 0 bridgehead atoms. The molecular formula is C71H111FN6O5S. The van der Waals surface area contributed by atoms with Crippen LogP contribution in [0, 0.1) is 44.2 Å². The molecule has 1 saturated carbocycles. The molecule has 84 heavy (non-hydrogen) atoms. The van der Waals surface area contributed by atoms with Gasteiger partial charge in [0.15, 0.2) is 0 Å². The lowest BCUT2D eigenvalue weighted by Crippen LogP contribution is -2.38. The van der Waals surface area contributed by atoms with E-state index in [2.05, 4.69) is 175 Å². The fourth-order valence-corrected chi connectivity index (χ4v) is 9.05. The quantitative estimate of drug-likeness (QED) is 0.0850. The number of carbonyl (C=O) groups is 5. The number of anilines is 3. The van der Waals surface area contributed by atoms with Crippen LogP contribution in [0.1, 0.15) is 236 Å². The Labute approximate surface area is 513 Å². The molecule has 0 unspecified atom stereocenters. The van der Waals surface area contributed by atoms with Gasteiger partial charge in [0, 0.05) is 74.5 Å². The number of halogens is 1. The van der Waals surface area contributed by atoms with Crippen molar-refractivity contribution in [1.29, 1.82) is 5.26 Å². The number of nitrogens with one attached hydrogen (secondary N) is 3. The number of para-hydroxylation sites is 1. The summed E-state index contributed by atoms with van der Waals surface area (Å²) in [5, 5.41) is 19.4. The summed E-state index contributed by atoms with van der Waals surface area (Å²) in [5.74, 6) is 0.709. The van der Waals surface area contributed by atoms with Gasteiger partial charge in [0.25, 0.3) is 0 Å². The van der Waals surface area contributed by atoms with E-state index in [4.69, 9.17) is 5.26 Å². The second kappa shape index (κ2) is 37.5. The molecule has 1 heterocycles. The zero-order chi connectivity index (χ0) is 63.9. The zero-order valence-electron chi connectivity index (χ0n) is 55.5. The monoisotopic (exact) mass is 1180 g/mol. The number of benzene rings is 3. The predicted molar refractivity (Wildman–Crippen MR) is 353 cm³/mol. The van der Waals surface area contributed by atoms with Crippen LogP contribution in [0.15, 0.2) is 90.3 Å². The van der Waals surface area contributed by atoms with Gasteiger partial charge < -0.3 is 25.8 Å². The average molecular weight is 1180 g/mol. The van der Waals surface area contributed by atoms with Gasteiger partial charge in [0.1, 0.15) is 5.82 Å². The van der Waals surface area contributed by atoms with Gasteiger partial charge in [-0.25, -0.2) is 4.39 Å². The molecule has 1 aliphatic rings. The third-order valence-corrected chi connectivity index (χ3v) is 14.9. The number of thiophene rings is 1. The first-order valence-corrected chi connectivity index (χ1v) is 31.6. The minimum absolute atomic E-state index is 0.0833. The maximum absolute atomic E-state index is 13.2. The number of carbonyl (C=O) groups excluding carboxylic acids is 5. The van der Waals surface area contributed by atoms with Gasteiger partial charge in [-0.15, -0.1) is 11.3 Å². The van der Waals surface area contributed by atoms with Gasteiger partial charge in [-0.1, -0.05) is 167 Å². The number of nitrogens with zero attached hydrogens (tertiary/aromatic N) is 3. The molecule has 0 spiro atoms. The number of hydrogen-bond donors (Lipinski definition) is 3. The van der Waals surface area contributed by atoms with Crippen LogP contribution in [-0.4, -0.2) is 60.6 Å². The molecule has 4 aromatic rings. The van der Waals surface area contributed by atoms with E-state index in [9.17, 15) is 28.4 Å². The van der Waals surface area contributed by atoms with Crippen molar-refractivity contribution in [1.82, 2.24) is 10.2 Å². The topological polar surface area (TPSA) is 152 Å². The molecule has 13 heteroatoms. The minimum atomic E-state index is -0.397. The first-order valence-electron chi connectivity index (χ1n) is 30.7. The van der Waals surface area contributed by atoms with Crippen molar-refractivity contribution >= 4 is 57.9 Å². The third-order valence-electron chi connectivity index (χ3n) is 13.9. The fourth-order valence-electron chi connectivity index (χ4n) is 8.34. The van der Waals surface area contributed by atoms with Crippen molar-refractivity contribution in [3.8, 4) is 6.07 Å². The first kappa shape index (κ1) is 76.1. The molecule has 3 aromatic carbocycles. The lowest BCUT2D eigenvalue weighted by atomic mass is 9.90. The molecule has 11 nitrogen and oxygen atoms in total. The van der Waals surface area contributed by atoms with Crippen molar-refractivity contribution in [2.75, 3.05) is 35.7 Å². The highest BCUT2D eigenvalue weighted by molar-refractivity contribution is 7.09. The minimum Gasteiger partial charge on any atom is -0.356 e. The van der Waals surface area contributed by atoms with Gasteiger partial charge >= 0.3 is 0 Å². The Hall–Kier alpha value is -5.87. The van der Waals surface area contributed by atoms with E-state index < -0.39 is 5.82 Å². The fraction of sp³-hybridized carbons (Fsp3) is 0.606. The van der Waals surface area contributed by atoms with Gasteiger partial charge in [-0.05, 0) is 151 Å². The first-order chi connectivity index (χ1) is 38.9. The maximum Gasteiger partial charge on any atom is 0.226 e. The van der Waals surface area contributed by atoms with Crippen LogP contribution < -0.4 is 20.9 Å². The second-order valence-electron chi connectivity index (χ2n) is 28.6. The van der Waals surface area contributed by atoms with Crippen molar-refractivity contribution in [2.45, 2.75) is 233 Å². The van der Waals surface area contributed by atoms with Gasteiger partial charge in [-0.3, -0.25) is 24.0 Å². The van der Waals surface area contributed by atoms with E-state index in [-0.39, 0.29) is 56.4 Å². The van der Waals surface area contributed by atoms with Gasteiger partial charge in [-0.2, -0.15) is 5.26 Å². The highest BCUT2D eigenvalue weighted by Gasteiger charge is 2.26. The standard InChI is InChI=1S/C16H25NO.C15H20N2O.C14H27NO.C13H18FNO.C13H21NOS/c1-12(2)13-6-8-14(9-7-13)17-15(18)10-11-16(3,4)5;1-15(2,3)9-8-14(18)17(4)13-7-5-6-12(10-13)11-16;1-5-15(12-8-6-7-9-12)13(16)10-11-14(2,3)4;1-13(2,3)9-8-12(16)15-11-7-5-4-6-10(11)14;1-13(2,3)8-6-12(15)14-9-7-11-5-4-10-16-11/h6-9,12H,10-11H2,1-5H3,(H,17,18);5-7,10H,8-9H2,1-4H3;12H,5-11H2,1-4H3;4-7H,8-9H2,1-3H3,(H,15,16);4-5,10H,6-9H2,1-3H3,(H,14,15). The zero-order valence-corrected chi connectivity index (χ0v) is 56.3. The summed E-state index contributed by atoms with van der Waals surface area (Å²) in [6, 6.07) is 28.2. The molecule has 1 fully saturated rings. The largest absolute Gasteiger partial charge is 0.356 e. The molecule has 3 N–H and O–H groups in total. The van der Waals surface area contributed by atoms with E-state index in [1.54, 1.807) is 59.7 Å². The van der Waals surface area contributed by atoms with Gasteiger partial charge in [0.2, 0.25) is 29.5 Å². The van der Waals surface area contributed by atoms with Crippen LogP contribution >= 0.6 is 11.3 Å². The number of nitriles is 1. The van der Waals surface area contributed by atoms with Crippen molar-refractivity contribution in [2.24, 2.45) is 27.1 Å². The van der Waals surface area contributed by atoms with Crippen LogP contribution in [0.5, 0.6) is 0 Å². The number of rotatable bonds is 19. The van der Waals surface area contributed by atoms with Crippen molar-refractivity contribution in [3.05, 3.63) is 112 Å². The summed E-state index contributed by atoms with van der Waals surface area (Å²) in [6.45, 7) is 40.2. The van der Waals surface area contributed by atoms with Gasteiger partial charge in [0.05, 0.1) is 17.3 Å². The third kappa shape index (κ3) is 37.4. The Bertz CT molecular complexity index is 2580. The molecular weight excluding hydrogens is 1070 g/mol. The van der Waals surface area contributed by atoms with E-state index in [0.29, 0.717) is 55.5 Å². The van der Waals surface area contributed by atoms with Crippen molar-refractivity contribution < 1.29 is 28.4 Å². The highest BCUT2D eigenvalue weighted by Crippen LogP contribution is 2.28. The molecule has 5 amide bonds. The molecule has 0 radical (unpaired) electrons. The SMILES string of the molecule is CC(C)(C)CCC(=O)NCCc1cccs1.CC(C)(C)CCC(=O)Nc1ccccc1F.CC(C)c1ccc(NC(=O)CCC(C)(C)C)cc1.CCN(C(=O)CCC(C)(C)C)C1CCCC1.CN(C(=O)CCC(C)(C)C)c1cccc(C#N)c1. The predicted octanol–water partition coefficient (Wildman–Crippen LogP) is 18.3. The van der Waals surface area contributed by atoms with E-state index in [1.165, 1.54) is 42.2 Å². The van der Waals surface area contributed by atoms with Crippen LogP contribution in [0.2, 0.25) is 0 Å². The van der Waals surface area contributed by atoms with E-state index in [1.807, 2.05) is 24.3 Å². The summed E-state index contributed by atoms with van der Waals surface area (Å²) in [5.41, 5.74) is 4.77. The molecule has 0 aliphatic heterocycles. The molecule has 468 valence electrons. The Morgan fingerprint density at radius 3 is 1.57 bits per heavy atom. The Kier molecular flexibility index (Phi) is 34.0. The van der Waals surface area contributed by atoms with Crippen molar-refractivity contribution in [3.63, 3.8) is 0 Å². The summed E-state index contributed by atoms with van der Waals surface area (Å²) >= 11 is 1.74. The lowest BCUT2D eigenvalue weighted by Gasteiger charge is -2.29. The van der Waals surface area contributed by atoms with Crippen LogP contribution in [-0.2, 0) is 30.4 Å². The maximum atomic E-state index is 13.2. The molecule has 5 rings (SSSR count). The smallest absolute Gasteiger partial charge is 0.226 e. The number of amides is 5. The summed E-state index contributed by atoms with van der Waals surface area (Å²) in [7, 11) is 1.75. The van der Waals surface area contributed by atoms with Crippen LogP contribution in [0.3, 0.4) is 0 Å². The van der Waals surface area contributed by atoms with E-state index >= 15 is 0 Å². The molecule has 1 aliphatic carbocycles. The second-order valence-corrected chi connectivity index (χ2v) is 29.6. The van der Waals surface area contributed by atoms with E-state index in [0.717, 1.165) is 63.0 Å². The Morgan fingerprint density at radius 2 is 1.11 bits per heavy atom. The summed E-state index contributed by atoms with van der Waals surface area (Å²) < 4.78 is 13.2. The number of hydrogen-bond acceptors (Lipinski definition) is 7. The summed E-state index contributed by atoms with van der Waals surface area (Å²) in [6.07, 6.45) is 13.3. The Morgan fingerprint density at radius 1 is 0.619 bits per heavy atom. The highest BCUT2D eigenvalue weighted by atomic mass is 32.1. The van der Waals surface area contributed by atoms with Crippen LogP contribution in [0.4, 0.5) is 21.5 Å². The molecule has 0 atom stereocenters. The lowest BCUT2D eigenvalue weighted by molar-refractivity contribution is -0.133. The Balaban J connectivity index is 0.000000526. The molecule has 0 saturated heterocycles. The normalized spacial score (nSPS) is 12.5. The average Bonchev–Trinajstić information content (AvgIpc) is 4.30. The summed E-state index contributed by atoms with van der Waals surface area (Å²) in [4.78, 5) is 64.0. The van der Waals surface area contributed by atoms with Crippen LogP contribution in [0.25, 0.3) is 0 Å². The molecule has 1 aromatic heterocycles.